The van der Waals surface area contributed by atoms with Crippen molar-refractivity contribution >= 4 is 56.8 Å². The van der Waals surface area contributed by atoms with Gasteiger partial charge in [-0.1, -0.05) is 34.4 Å². The highest BCUT2D eigenvalue weighted by atomic mass is 33.1. The van der Waals surface area contributed by atoms with E-state index in [4.69, 9.17) is 70.6 Å². The molecule has 0 bridgehead atoms. The Balaban J connectivity index is 1.36. The Morgan fingerprint density at radius 2 is 1.18 bits per heavy atom. The van der Waals surface area contributed by atoms with E-state index in [0.29, 0.717) is 64.0 Å². The van der Waals surface area contributed by atoms with Crippen LogP contribution in [0.3, 0.4) is 0 Å². The number of nitrogens with two attached hydrogens (primary N) is 2. The van der Waals surface area contributed by atoms with E-state index in [1.54, 1.807) is 28.5 Å². The first-order valence-electron chi connectivity index (χ1n) is 23.1. The van der Waals surface area contributed by atoms with Crippen molar-refractivity contribution in [2.75, 3.05) is 90.7 Å². The van der Waals surface area contributed by atoms with Crippen LogP contribution in [0.5, 0.6) is 0 Å². The molecule has 0 amide bonds. The third kappa shape index (κ3) is 30.3. The van der Waals surface area contributed by atoms with E-state index in [0.717, 1.165) is 50.0 Å². The lowest BCUT2D eigenvalue weighted by molar-refractivity contribution is -0.119. The number of aliphatic hydroxyl groups excluding tert-OH is 2. The average molecular weight is 1040 g/mol. The van der Waals surface area contributed by atoms with Gasteiger partial charge in [-0.3, -0.25) is 28.1 Å². The third-order valence-electron chi connectivity index (χ3n) is 9.58. The molecule has 8 N–H and O–H groups in total. The molecule has 2 aliphatic heterocycles. The van der Waals surface area contributed by atoms with Crippen LogP contribution in [0.1, 0.15) is 99.8 Å². The molecule has 2 heterocycles. The second-order valence-corrected chi connectivity index (χ2v) is 23.5. The number of amidine groups is 2. The predicted octanol–water partition coefficient (Wildman–Crippen LogP) is 4.29. The molecular weight excluding hydrogens is 957 g/mol. The largest absolute Gasteiger partial charge is 0.472 e. The summed E-state index contributed by atoms with van der Waals surface area (Å²) in [7, 11) is 0.537. The zero-order valence-electron chi connectivity index (χ0n) is 40.6. The molecule has 10 atom stereocenters. The van der Waals surface area contributed by atoms with E-state index in [9.17, 15) is 29.1 Å². The van der Waals surface area contributed by atoms with Crippen LogP contribution in [-0.4, -0.2) is 190 Å². The molecule has 0 saturated carbocycles. The molecule has 0 aromatic carbocycles. The van der Waals surface area contributed by atoms with Crippen LogP contribution in [-0.2, 0) is 60.4 Å². The molecule has 0 aromatic rings. The Kier molecular flexibility index (Phi) is 31.2. The molecule has 0 spiro atoms. The van der Waals surface area contributed by atoms with Crippen molar-refractivity contribution in [1.29, 1.82) is 0 Å². The van der Waals surface area contributed by atoms with Crippen LogP contribution in [0.4, 0.5) is 0 Å². The van der Waals surface area contributed by atoms with Crippen molar-refractivity contribution in [3.63, 3.8) is 0 Å². The molecule has 26 heteroatoms. The zero-order chi connectivity index (χ0) is 49.9. The lowest BCUT2D eigenvalue weighted by Crippen LogP contribution is -2.41. The minimum absolute atomic E-state index is 0.0192. The van der Waals surface area contributed by atoms with Gasteiger partial charge in [-0.2, -0.15) is 0 Å². The highest BCUT2D eigenvalue weighted by Gasteiger charge is 2.47. The third-order valence-corrected chi connectivity index (χ3v) is 14.2. The molecule has 392 valence electrons. The molecule has 2 aliphatic rings. The summed E-state index contributed by atoms with van der Waals surface area (Å²) in [5, 5.41) is 20.7. The highest BCUT2D eigenvalue weighted by molar-refractivity contribution is 8.76. The number of nitrogens with zero attached hydrogens (tertiary/aromatic N) is 2. The van der Waals surface area contributed by atoms with Crippen LogP contribution in [0.25, 0.3) is 0 Å². The zero-order valence-corrected chi connectivity index (χ0v) is 44.0. The monoisotopic (exact) mass is 1040 g/mol. The van der Waals surface area contributed by atoms with Gasteiger partial charge in [-0.15, -0.1) is 0 Å². The van der Waals surface area contributed by atoms with Gasteiger partial charge in [-0.05, 0) is 74.1 Å². The molecule has 0 aromatic heterocycles. The van der Waals surface area contributed by atoms with Gasteiger partial charge in [0.25, 0.3) is 0 Å². The SMILES string of the molecule is [B][C@@H]1O[C@H](COC(C)(C)C)C(OP(=O)(O)OCCCCCCN=C(N)CCCSSCCCC(N)=NCCOCCOCCOCCOP(=O)(O)OC[C@H]2O[C@@H](C)[C@@H](O)C2OC(C)(C)C)[C@@H]1O. The number of hydrogen-bond acceptors (Lipinski definition) is 19. The topological polar surface area (TPSA) is 293 Å². The Labute approximate surface area is 407 Å². The second-order valence-electron chi connectivity index (χ2n) is 17.9. The number of phosphoric acid groups is 2. The van der Waals surface area contributed by atoms with Crippen LogP contribution < -0.4 is 11.5 Å². The number of unbranched alkanes of at least 4 members (excludes halogenated alkanes) is 3. The molecule has 2 rings (SSSR count). The molecule has 67 heavy (non-hydrogen) atoms. The normalized spacial score (nSPS) is 26.0. The number of rotatable bonds is 38. The maximum absolute atomic E-state index is 12.5. The van der Waals surface area contributed by atoms with E-state index in [2.05, 4.69) is 9.98 Å². The quantitative estimate of drug-likeness (QED) is 0.0126. The molecule has 0 aliphatic carbocycles. The molecular formula is C41H81BN4O17P2S2. The van der Waals surface area contributed by atoms with E-state index in [-0.39, 0.29) is 39.6 Å². The van der Waals surface area contributed by atoms with Gasteiger partial charge < -0.3 is 64.6 Å². The first-order valence-corrected chi connectivity index (χ1v) is 28.5. The fraction of sp³-hybridized carbons (Fsp3) is 0.951. The summed E-state index contributed by atoms with van der Waals surface area (Å²) < 4.78 is 84.3. The standard InChI is InChI=1S/C41H81BN4O17P2S2/c1-30-35(47)37(62-41(5,6)7)32(60-30)29-59-64(49,50)58-25-24-55-23-22-54-21-20-53-19-17-46-34(44)15-13-27-67-66-26-12-14-33(43)45-16-10-8-9-11-18-57-65(51,52)63-38-31(28-56-40(2,3)4)61-39(42)36(38)48/h30-32,35-39,47-48H,8-29H2,1-7H3,(H2,43,45)(H2,44,46)(H,49,50)(H,51,52)/t30-,31+,32+,35+,36-,37?,38?,39+/m0/s1. The minimum Gasteiger partial charge on any atom is -0.388 e. The van der Waals surface area contributed by atoms with Crippen LogP contribution >= 0.6 is 37.2 Å². The highest BCUT2D eigenvalue weighted by Crippen LogP contribution is 2.47. The van der Waals surface area contributed by atoms with Crippen LogP contribution in [0.15, 0.2) is 9.98 Å². The van der Waals surface area contributed by atoms with Gasteiger partial charge in [0, 0.05) is 36.9 Å². The first-order chi connectivity index (χ1) is 31.5. The van der Waals surface area contributed by atoms with Gasteiger partial charge in [0.15, 0.2) is 0 Å². The van der Waals surface area contributed by atoms with E-state index >= 15 is 0 Å². The Morgan fingerprint density at radius 1 is 0.642 bits per heavy atom. The van der Waals surface area contributed by atoms with Crippen molar-refractivity contribution in [2.24, 2.45) is 21.5 Å². The lowest BCUT2D eigenvalue weighted by atomic mass is 9.93. The number of phosphoric ester groups is 2. The van der Waals surface area contributed by atoms with E-state index < -0.39 is 75.6 Å². The van der Waals surface area contributed by atoms with Gasteiger partial charge in [0.05, 0.1) is 102 Å². The fourth-order valence-electron chi connectivity index (χ4n) is 6.24. The summed E-state index contributed by atoms with van der Waals surface area (Å²) >= 11 is 0. The minimum atomic E-state index is -4.46. The maximum Gasteiger partial charge on any atom is 0.472 e. The molecule has 2 radical (unpaired) electrons. The molecule has 2 saturated heterocycles. The summed E-state index contributed by atoms with van der Waals surface area (Å²) in [5.74, 6) is 3.15. The summed E-state index contributed by atoms with van der Waals surface area (Å²) in [5.41, 5.74) is 11.1. The molecule has 2 fully saturated rings. The second kappa shape index (κ2) is 33.3. The Bertz CT molecular complexity index is 1500. The van der Waals surface area contributed by atoms with Crippen molar-refractivity contribution in [3.8, 4) is 0 Å². The summed E-state index contributed by atoms with van der Waals surface area (Å²) in [4.78, 5) is 29.1. The van der Waals surface area contributed by atoms with Crippen molar-refractivity contribution < 1.29 is 80.4 Å². The molecule has 21 nitrogen and oxygen atoms in total. The fourth-order valence-corrected chi connectivity index (χ4v) is 10.1. The number of aliphatic imine (C=N–C) groups is 2. The van der Waals surface area contributed by atoms with Gasteiger partial charge in [0.2, 0.25) is 0 Å². The van der Waals surface area contributed by atoms with Crippen molar-refractivity contribution in [3.05, 3.63) is 0 Å². The summed E-state index contributed by atoms with van der Waals surface area (Å²) in [6, 6.07) is -1.07. The first kappa shape index (κ1) is 62.7. The number of ether oxygens (including phenoxy) is 7. The van der Waals surface area contributed by atoms with Crippen molar-refractivity contribution in [1.82, 2.24) is 0 Å². The molecule has 4 unspecified atom stereocenters. The smallest absolute Gasteiger partial charge is 0.388 e. The van der Waals surface area contributed by atoms with Crippen molar-refractivity contribution in [2.45, 2.75) is 160 Å². The lowest BCUT2D eigenvalue weighted by Gasteiger charge is -2.29. The van der Waals surface area contributed by atoms with Crippen LogP contribution in [0.2, 0.25) is 0 Å². The Hall–Kier alpha value is -0.435. The predicted molar refractivity (Wildman–Crippen MR) is 261 cm³/mol. The maximum atomic E-state index is 12.5. The number of aliphatic hydroxyl groups is 2. The summed E-state index contributed by atoms with van der Waals surface area (Å²) in [6.45, 7) is 15.3. The van der Waals surface area contributed by atoms with Gasteiger partial charge >= 0.3 is 15.6 Å². The summed E-state index contributed by atoms with van der Waals surface area (Å²) in [6.07, 6.45) is 0.200. The number of hydrogen-bond donors (Lipinski definition) is 6. The van der Waals surface area contributed by atoms with Gasteiger partial charge in [0.1, 0.15) is 44.5 Å². The Morgan fingerprint density at radius 3 is 1.78 bits per heavy atom. The van der Waals surface area contributed by atoms with E-state index in [1.165, 1.54) is 0 Å². The van der Waals surface area contributed by atoms with E-state index in [1.807, 2.05) is 41.5 Å². The average Bonchev–Trinajstić information content (AvgIpc) is 3.65. The van der Waals surface area contributed by atoms with Crippen LogP contribution in [0, 0.1) is 0 Å². The van der Waals surface area contributed by atoms with Gasteiger partial charge in [-0.25, -0.2) is 9.13 Å².